The number of aryl methyl sites for hydroxylation is 1. The Morgan fingerprint density at radius 1 is 1.02 bits per heavy atom. The van der Waals surface area contributed by atoms with Crippen molar-refractivity contribution in [2.24, 2.45) is 4.99 Å². The highest BCUT2D eigenvalue weighted by Crippen LogP contribution is 2.38. The van der Waals surface area contributed by atoms with Gasteiger partial charge in [-0.1, -0.05) is 31.7 Å². The third-order valence-electron chi connectivity index (χ3n) is 6.95. The number of rotatable bonds is 8. The number of halogens is 5. The number of methoxy groups -OCH3 is 1. The van der Waals surface area contributed by atoms with Gasteiger partial charge in [-0.2, -0.15) is 26.9 Å². The molecule has 10 nitrogen and oxygen atoms in total. The highest BCUT2D eigenvalue weighted by Gasteiger charge is 2.61. The topological polar surface area (TPSA) is 111 Å². The highest BCUT2D eigenvalue weighted by molar-refractivity contribution is 8.15. The van der Waals surface area contributed by atoms with Crippen LogP contribution in [0.25, 0.3) is 17.1 Å². The van der Waals surface area contributed by atoms with Crippen molar-refractivity contribution in [3.63, 3.8) is 0 Å². The Bertz CT molecular complexity index is 1840. The van der Waals surface area contributed by atoms with Gasteiger partial charge in [-0.3, -0.25) is 9.69 Å². The fourth-order valence-corrected chi connectivity index (χ4v) is 5.49. The minimum atomic E-state index is -5.86. The second-order valence-electron chi connectivity index (χ2n) is 10.6. The van der Waals surface area contributed by atoms with E-state index in [9.17, 15) is 31.5 Å². The first-order valence-electron chi connectivity index (χ1n) is 14.0. The van der Waals surface area contributed by atoms with Crippen molar-refractivity contribution in [3.05, 3.63) is 78.1 Å². The molecule has 4 aromatic rings. The van der Waals surface area contributed by atoms with E-state index in [-0.39, 0.29) is 22.7 Å². The Hall–Kier alpha value is -4.99. The summed E-state index contributed by atoms with van der Waals surface area (Å²) < 4.78 is 74.1. The van der Waals surface area contributed by atoms with E-state index in [2.05, 4.69) is 25.1 Å². The van der Waals surface area contributed by atoms with Crippen LogP contribution in [-0.4, -0.2) is 57.0 Å². The molecule has 2 heterocycles. The van der Waals surface area contributed by atoms with Crippen LogP contribution in [0, 0.1) is 6.92 Å². The van der Waals surface area contributed by atoms with Gasteiger partial charge in [0, 0.05) is 17.3 Å². The van der Waals surface area contributed by atoms with E-state index in [1.807, 2.05) is 26.0 Å². The summed E-state index contributed by atoms with van der Waals surface area (Å²) in [4.78, 5) is 35.7. The number of aliphatic imine (C=N–C) groups is 1. The Morgan fingerprint density at radius 2 is 1.72 bits per heavy atom. The smallest absolute Gasteiger partial charge is 0.497 e. The number of nitrogens with zero attached hydrogens (tertiary/aromatic N) is 5. The van der Waals surface area contributed by atoms with Crippen molar-refractivity contribution in [1.82, 2.24) is 14.8 Å². The zero-order chi connectivity index (χ0) is 34.1. The number of anilines is 2. The van der Waals surface area contributed by atoms with Gasteiger partial charge >= 0.3 is 18.3 Å². The fraction of sp³-hybridized carbons (Fsp3) is 0.258. The van der Waals surface area contributed by atoms with Crippen molar-refractivity contribution in [3.8, 4) is 28.6 Å². The second kappa shape index (κ2) is 13.0. The maximum absolute atomic E-state index is 13.2. The van der Waals surface area contributed by atoms with Gasteiger partial charge in [0.25, 0.3) is 0 Å². The van der Waals surface area contributed by atoms with E-state index in [4.69, 9.17) is 4.74 Å². The Labute approximate surface area is 269 Å². The van der Waals surface area contributed by atoms with E-state index in [1.54, 1.807) is 31.2 Å². The van der Waals surface area contributed by atoms with Crippen molar-refractivity contribution in [2.45, 2.75) is 39.0 Å². The molecule has 1 N–H and O–H groups in total. The van der Waals surface area contributed by atoms with Crippen LogP contribution in [0.2, 0.25) is 0 Å². The molecule has 246 valence electrons. The molecular formula is C31H27F5N6O4S. The number of nitrogens with one attached hydrogen (secondary N) is 1. The Balaban J connectivity index is 1.30. The molecule has 0 aliphatic carbocycles. The minimum Gasteiger partial charge on any atom is -0.497 e. The van der Waals surface area contributed by atoms with Crippen molar-refractivity contribution >= 4 is 40.2 Å². The molecule has 1 saturated heterocycles. The second-order valence-corrected chi connectivity index (χ2v) is 11.5. The van der Waals surface area contributed by atoms with Crippen LogP contribution in [0.4, 0.5) is 38.1 Å². The number of benzene rings is 3. The third kappa shape index (κ3) is 7.21. The molecular weight excluding hydrogens is 647 g/mol. The number of aromatic nitrogens is 3. The molecule has 5 rings (SSSR count). The minimum absolute atomic E-state index is 0.0920. The van der Waals surface area contributed by atoms with Crippen LogP contribution in [0.5, 0.6) is 11.5 Å². The third-order valence-corrected chi connectivity index (χ3v) is 7.87. The van der Waals surface area contributed by atoms with Crippen LogP contribution in [-0.2, 0) is 4.79 Å². The quantitative estimate of drug-likeness (QED) is 0.192. The van der Waals surface area contributed by atoms with E-state index in [0.29, 0.717) is 39.8 Å². The number of carbonyl (C=O) groups is 2. The molecule has 0 atom stereocenters. The first-order chi connectivity index (χ1) is 22.2. The number of thioether (sulfide) groups is 1. The molecule has 1 aromatic heterocycles. The maximum atomic E-state index is 13.2. The molecule has 16 heteroatoms. The SMILES string of the molecule is COc1ccc(C(C)C)c(N2C(=O)CS/C2=N\C(=O)Nc2ccc(-c3ncn(-c4ccc(OC(F)(F)C(F)(F)F)cc4)n3)c(C)c2)c1. The van der Waals surface area contributed by atoms with Crippen LogP contribution in [0.1, 0.15) is 30.9 Å². The van der Waals surface area contributed by atoms with Crippen LogP contribution < -0.4 is 19.7 Å². The van der Waals surface area contributed by atoms with Gasteiger partial charge < -0.3 is 14.8 Å². The number of amides is 3. The van der Waals surface area contributed by atoms with E-state index in [0.717, 1.165) is 29.5 Å². The van der Waals surface area contributed by atoms with Crippen molar-refractivity contribution in [1.29, 1.82) is 0 Å². The predicted molar refractivity (Wildman–Crippen MR) is 167 cm³/mol. The van der Waals surface area contributed by atoms with Gasteiger partial charge in [0.05, 0.1) is 24.2 Å². The maximum Gasteiger partial charge on any atom is 0.499 e. The fourth-order valence-electron chi connectivity index (χ4n) is 4.63. The monoisotopic (exact) mass is 674 g/mol. The average Bonchev–Trinajstić information content (AvgIpc) is 3.63. The standard InChI is InChI=1S/C31H27F5N6O4S/c1-17(2)23-12-10-22(45-4)14-25(23)42-26(43)15-47-29(42)39-28(44)38-19-5-11-24(18(3)13-19)27-37-16-41(40-27)20-6-8-21(9-7-20)46-31(35,36)30(32,33)34/h5-14,16-17H,15H2,1-4H3,(H,38,44)/b39-29-. The molecule has 0 saturated carbocycles. The van der Waals surface area contributed by atoms with Crippen molar-refractivity contribution in [2.75, 3.05) is 23.1 Å². The predicted octanol–water partition coefficient (Wildman–Crippen LogP) is 7.58. The first kappa shape index (κ1) is 33.4. The van der Waals surface area contributed by atoms with Gasteiger partial charge in [-0.15, -0.1) is 5.10 Å². The summed E-state index contributed by atoms with van der Waals surface area (Å²) in [6, 6.07) is 14.2. The molecule has 1 aliphatic rings. The van der Waals surface area contributed by atoms with Gasteiger partial charge in [0.1, 0.15) is 17.8 Å². The van der Waals surface area contributed by atoms with E-state index < -0.39 is 24.1 Å². The number of amidine groups is 1. The Kier molecular flexibility index (Phi) is 9.25. The summed E-state index contributed by atoms with van der Waals surface area (Å²) in [7, 11) is 1.53. The van der Waals surface area contributed by atoms with Crippen LogP contribution in [0.15, 0.2) is 72.0 Å². The molecule has 0 radical (unpaired) electrons. The number of carbonyl (C=O) groups excluding carboxylic acids is 2. The largest absolute Gasteiger partial charge is 0.499 e. The average molecular weight is 675 g/mol. The lowest BCUT2D eigenvalue weighted by Gasteiger charge is -2.22. The molecule has 0 bridgehead atoms. The summed E-state index contributed by atoms with van der Waals surface area (Å²) in [5.41, 5.74) is 3.56. The normalized spacial score (nSPS) is 14.6. The van der Waals surface area contributed by atoms with Gasteiger partial charge in [-0.05, 0) is 72.5 Å². The molecule has 1 aliphatic heterocycles. The number of urea groups is 1. The summed E-state index contributed by atoms with van der Waals surface area (Å²) >= 11 is 1.15. The summed E-state index contributed by atoms with van der Waals surface area (Å²) in [5, 5.41) is 7.32. The highest BCUT2D eigenvalue weighted by atomic mass is 32.2. The molecule has 0 unspecified atom stereocenters. The molecule has 1 fully saturated rings. The van der Waals surface area contributed by atoms with Crippen LogP contribution in [0.3, 0.4) is 0 Å². The molecule has 3 amide bonds. The summed E-state index contributed by atoms with van der Waals surface area (Å²) in [6.45, 7) is 5.77. The van der Waals surface area contributed by atoms with E-state index >= 15 is 0 Å². The molecule has 0 spiro atoms. The van der Waals surface area contributed by atoms with Gasteiger partial charge in [0.15, 0.2) is 11.0 Å². The number of hydrogen-bond acceptors (Lipinski definition) is 7. The van der Waals surface area contributed by atoms with Gasteiger partial charge in [0.2, 0.25) is 5.91 Å². The van der Waals surface area contributed by atoms with E-state index in [1.165, 1.54) is 35.2 Å². The van der Waals surface area contributed by atoms with Crippen LogP contribution >= 0.6 is 11.8 Å². The molecule has 47 heavy (non-hydrogen) atoms. The number of alkyl halides is 5. The number of ether oxygens (including phenoxy) is 2. The molecule has 3 aromatic carbocycles. The first-order valence-corrected chi connectivity index (χ1v) is 15.0. The summed E-state index contributed by atoms with van der Waals surface area (Å²) in [5.74, 6) is 0.181. The van der Waals surface area contributed by atoms with Gasteiger partial charge in [-0.25, -0.2) is 14.5 Å². The lowest BCUT2D eigenvalue weighted by molar-refractivity contribution is -0.360. The number of hydrogen-bond donors (Lipinski definition) is 1. The Morgan fingerprint density at radius 3 is 2.36 bits per heavy atom. The van der Waals surface area contributed by atoms with Crippen molar-refractivity contribution < 1.29 is 41.0 Å². The lowest BCUT2D eigenvalue weighted by atomic mass is 10.00. The zero-order valence-corrected chi connectivity index (χ0v) is 26.1. The summed E-state index contributed by atoms with van der Waals surface area (Å²) in [6.07, 6.45) is -9.85. The zero-order valence-electron chi connectivity index (χ0n) is 25.3. The lowest BCUT2D eigenvalue weighted by Crippen LogP contribution is -2.41.